The van der Waals surface area contributed by atoms with Crippen LogP contribution in [0.3, 0.4) is 0 Å². The summed E-state index contributed by atoms with van der Waals surface area (Å²) in [6.45, 7) is 4.15. The zero-order valence-corrected chi connectivity index (χ0v) is 21.7. The standard InChI is InChI=1S/C28H30N2O5S.H2/c1-5-19-14-20(7-11-26(19)36(32,33)30(3)4)23-16-22(9-6-18(23)2)29-27(31)28(12-13-28)21-8-10-24-25(15-21)35-17-34-24;/h6-11,14-16H,5,12-13,17H2,1-4H3,(H,29,31);1H. The van der Waals surface area contributed by atoms with Crippen LogP contribution in [0.2, 0.25) is 0 Å². The average Bonchev–Trinajstić information content (AvgIpc) is 3.55. The predicted molar refractivity (Wildman–Crippen MR) is 141 cm³/mol. The summed E-state index contributed by atoms with van der Waals surface area (Å²) in [5.41, 5.74) is 4.73. The van der Waals surface area contributed by atoms with Crippen molar-refractivity contribution in [3.05, 3.63) is 71.3 Å². The van der Waals surface area contributed by atoms with Crippen LogP contribution in [-0.4, -0.2) is 39.5 Å². The molecule has 1 aliphatic heterocycles. The molecule has 1 saturated carbocycles. The Balaban J connectivity index is 0.00000320. The first-order valence-corrected chi connectivity index (χ1v) is 13.5. The van der Waals surface area contributed by atoms with Gasteiger partial charge in [0.05, 0.1) is 10.3 Å². The quantitative estimate of drug-likeness (QED) is 0.479. The van der Waals surface area contributed by atoms with Crippen LogP contribution >= 0.6 is 0 Å². The summed E-state index contributed by atoms with van der Waals surface area (Å²) in [4.78, 5) is 13.7. The van der Waals surface area contributed by atoms with Gasteiger partial charge in [-0.3, -0.25) is 4.79 Å². The molecule has 5 rings (SSSR count). The lowest BCUT2D eigenvalue weighted by Crippen LogP contribution is -2.27. The third kappa shape index (κ3) is 4.14. The Labute approximate surface area is 213 Å². The number of hydrogen-bond donors (Lipinski definition) is 1. The molecule has 190 valence electrons. The van der Waals surface area contributed by atoms with Crippen LogP contribution in [0.5, 0.6) is 11.5 Å². The number of hydrogen-bond acceptors (Lipinski definition) is 5. The Bertz CT molecular complexity index is 1470. The topological polar surface area (TPSA) is 84.9 Å². The van der Waals surface area contributed by atoms with Gasteiger partial charge in [-0.05, 0) is 90.4 Å². The van der Waals surface area contributed by atoms with E-state index in [1.54, 1.807) is 6.07 Å². The summed E-state index contributed by atoms with van der Waals surface area (Å²) in [7, 11) is -0.459. The van der Waals surface area contributed by atoms with Gasteiger partial charge in [0.25, 0.3) is 0 Å². The van der Waals surface area contributed by atoms with E-state index >= 15 is 0 Å². The predicted octanol–water partition coefficient (Wildman–Crippen LogP) is 5.12. The number of fused-ring (bicyclic) bond motifs is 1. The number of aryl methyl sites for hydroxylation is 2. The first kappa shape index (κ1) is 24.3. The van der Waals surface area contributed by atoms with Gasteiger partial charge >= 0.3 is 0 Å². The number of nitrogens with one attached hydrogen (secondary N) is 1. The number of sulfonamides is 1. The van der Waals surface area contributed by atoms with E-state index in [-0.39, 0.29) is 14.1 Å². The minimum atomic E-state index is -3.53. The Kier molecular flexibility index (Phi) is 6.04. The Morgan fingerprint density at radius 3 is 2.47 bits per heavy atom. The van der Waals surface area contributed by atoms with E-state index < -0.39 is 15.4 Å². The molecule has 3 aromatic rings. The van der Waals surface area contributed by atoms with Crippen LogP contribution in [-0.2, 0) is 26.7 Å². The molecule has 3 aromatic carbocycles. The molecule has 0 bridgehead atoms. The van der Waals surface area contributed by atoms with E-state index in [0.717, 1.165) is 40.7 Å². The number of anilines is 1. The molecule has 36 heavy (non-hydrogen) atoms. The fourth-order valence-electron chi connectivity index (χ4n) is 4.70. The molecule has 0 aromatic heterocycles. The minimum Gasteiger partial charge on any atom is -0.454 e. The highest BCUT2D eigenvalue weighted by molar-refractivity contribution is 7.89. The minimum absolute atomic E-state index is 0. The van der Waals surface area contributed by atoms with Crippen molar-refractivity contribution in [1.29, 1.82) is 0 Å². The van der Waals surface area contributed by atoms with Gasteiger partial charge in [-0.1, -0.05) is 25.1 Å². The molecule has 1 N–H and O–H groups in total. The van der Waals surface area contributed by atoms with Gasteiger partial charge in [-0.25, -0.2) is 12.7 Å². The summed E-state index contributed by atoms with van der Waals surface area (Å²) in [5.74, 6) is 1.34. The number of ether oxygens (including phenoxy) is 2. The molecule has 0 saturated heterocycles. The lowest BCUT2D eigenvalue weighted by Gasteiger charge is -2.18. The van der Waals surface area contributed by atoms with Gasteiger partial charge in [0.15, 0.2) is 11.5 Å². The van der Waals surface area contributed by atoms with Crippen LogP contribution in [0, 0.1) is 6.92 Å². The number of benzene rings is 3. The van der Waals surface area contributed by atoms with E-state index in [1.165, 1.54) is 18.4 Å². The van der Waals surface area contributed by atoms with Crippen LogP contribution in [0.25, 0.3) is 11.1 Å². The number of amides is 1. The maximum Gasteiger partial charge on any atom is 0.242 e. The SMILES string of the molecule is CCc1cc(-c2cc(NC(=O)C3(c4ccc5c(c4)OCO5)CC3)ccc2C)ccc1S(=O)(=O)N(C)C.[HH]. The van der Waals surface area contributed by atoms with E-state index in [9.17, 15) is 13.2 Å². The second-order valence-corrected chi connectivity index (χ2v) is 11.7. The average molecular weight is 509 g/mol. The summed E-state index contributed by atoms with van der Waals surface area (Å²) < 4.78 is 37.6. The van der Waals surface area contributed by atoms with Crippen molar-refractivity contribution >= 4 is 21.6 Å². The summed E-state index contributed by atoms with van der Waals surface area (Å²) in [6, 6.07) is 17.0. The zero-order chi connectivity index (χ0) is 25.7. The molecular weight excluding hydrogens is 476 g/mol. The van der Waals surface area contributed by atoms with Crippen LogP contribution < -0.4 is 14.8 Å². The molecule has 0 unspecified atom stereocenters. The molecule has 0 radical (unpaired) electrons. The van der Waals surface area contributed by atoms with Crippen LogP contribution in [0.15, 0.2) is 59.5 Å². The molecule has 0 atom stereocenters. The maximum absolute atomic E-state index is 13.4. The Morgan fingerprint density at radius 1 is 1.03 bits per heavy atom. The number of carbonyl (C=O) groups is 1. The van der Waals surface area contributed by atoms with Gasteiger partial charge in [-0.2, -0.15) is 0 Å². The van der Waals surface area contributed by atoms with Crippen molar-refractivity contribution in [2.24, 2.45) is 0 Å². The fourth-order valence-corrected chi connectivity index (χ4v) is 5.87. The third-order valence-corrected chi connectivity index (χ3v) is 9.03. The van der Waals surface area contributed by atoms with E-state index in [0.29, 0.717) is 28.5 Å². The zero-order valence-electron chi connectivity index (χ0n) is 20.9. The van der Waals surface area contributed by atoms with Crippen LogP contribution in [0.1, 0.15) is 37.9 Å². The van der Waals surface area contributed by atoms with E-state index in [1.807, 2.05) is 62.4 Å². The highest BCUT2D eigenvalue weighted by Gasteiger charge is 2.51. The first-order chi connectivity index (χ1) is 17.2. The molecule has 1 heterocycles. The third-order valence-electron chi connectivity index (χ3n) is 7.12. The summed E-state index contributed by atoms with van der Waals surface area (Å²) in [6.07, 6.45) is 2.14. The van der Waals surface area contributed by atoms with Crippen molar-refractivity contribution in [2.75, 3.05) is 26.2 Å². The van der Waals surface area contributed by atoms with Crippen molar-refractivity contribution in [3.8, 4) is 22.6 Å². The number of rotatable bonds is 7. The normalized spacial score (nSPS) is 15.7. The summed E-state index contributed by atoms with van der Waals surface area (Å²) >= 11 is 0. The molecular formula is C28H32N2O5S. The number of nitrogens with zero attached hydrogens (tertiary/aromatic N) is 1. The van der Waals surface area contributed by atoms with Crippen LogP contribution in [0.4, 0.5) is 5.69 Å². The van der Waals surface area contributed by atoms with Gasteiger partial charge in [0.1, 0.15) is 0 Å². The lowest BCUT2D eigenvalue weighted by molar-refractivity contribution is -0.118. The molecule has 1 aliphatic carbocycles. The number of carbonyl (C=O) groups excluding carboxylic acids is 1. The van der Waals surface area contributed by atoms with Gasteiger partial charge in [0, 0.05) is 21.2 Å². The molecule has 8 heteroatoms. The monoisotopic (exact) mass is 508 g/mol. The Hall–Kier alpha value is -3.36. The highest BCUT2D eigenvalue weighted by Crippen LogP contribution is 2.51. The van der Waals surface area contributed by atoms with Crippen molar-refractivity contribution in [2.45, 2.75) is 43.4 Å². The molecule has 0 spiro atoms. The first-order valence-electron chi connectivity index (χ1n) is 12.0. The smallest absolute Gasteiger partial charge is 0.242 e. The second-order valence-electron chi connectivity index (χ2n) is 9.60. The lowest BCUT2D eigenvalue weighted by atomic mass is 9.94. The summed E-state index contributed by atoms with van der Waals surface area (Å²) in [5, 5.41) is 3.11. The van der Waals surface area contributed by atoms with Gasteiger partial charge in [-0.15, -0.1) is 0 Å². The fraction of sp³-hybridized carbons (Fsp3) is 0.321. The highest BCUT2D eigenvalue weighted by atomic mass is 32.2. The Morgan fingerprint density at radius 2 is 1.78 bits per heavy atom. The van der Waals surface area contributed by atoms with Gasteiger partial charge < -0.3 is 14.8 Å². The molecule has 7 nitrogen and oxygen atoms in total. The molecule has 1 amide bonds. The van der Waals surface area contributed by atoms with E-state index in [2.05, 4.69) is 5.32 Å². The largest absolute Gasteiger partial charge is 0.454 e. The second kappa shape index (κ2) is 8.94. The van der Waals surface area contributed by atoms with Crippen molar-refractivity contribution < 1.29 is 24.1 Å². The maximum atomic E-state index is 13.4. The van der Waals surface area contributed by atoms with Gasteiger partial charge in [0.2, 0.25) is 22.7 Å². The molecule has 1 fully saturated rings. The van der Waals surface area contributed by atoms with Crippen molar-refractivity contribution in [1.82, 2.24) is 4.31 Å². The van der Waals surface area contributed by atoms with E-state index in [4.69, 9.17) is 9.47 Å². The molecule has 2 aliphatic rings. The van der Waals surface area contributed by atoms with Crippen molar-refractivity contribution in [3.63, 3.8) is 0 Å².